The molecule has 1 heterocycles. The van der Waals surface area contributed by atoms with Gasteiger partial charge in [-0.15, -0.1) is 11.6 Å². The lowest BCUT2D eigenvalue weighted by Gasteiger charge is -2.31. The number of β-lactam (4-membered cyclic amide) rings is 1. The number of nitrogens with one attached hydrogen (secondary N) is 1. The molecule has 1 aliphatic heterocycles. The zero-order chi connectivity index (χ0) is 6.15. The minimum absolute atomic E-state index is 0.00386. The first kappa shape index (κ1) is 5.85. The first-order valence-electron chi connectivity index (χ1n) is 2.37. The van der Waals surface area contributed by atoms with Crippen LogP contribution >= 0.6 is 11.6 Å². The summed E-state index contributed by atoms with van der Waals surface area (Å²) < 4.78 is 0. The molecule has 1 saturated heterocycles. The van der Waals surface area contributed by atoms with Crippen molar-refractivity contribution < 1.29 is 4.79 Å². The lowest BCUT2D eigenvalue weighted by molar-refractivity contribution is -0.129. The lowest BCUT2D eigenvalue weighted by atomic mass is 10.0. The van der Waals surface area contributed by atoms with Crippen molar-refractivity contribution in [1.82, 2.24) is 5.32 Å². The summed E-state index contributed by atoms with van der Waals surface area (Å²) in [6.07, 6.45) is 0. The summed E-state index contributed by atoms with van der Waals surface area (Å²) in [6, 6.07) is -0.364. The Morgan fingerprint density at radius 1 is 1.88 bits per heavy atom. The van der Waals surface area contributed by atoms with Crippen molar-refractivity contribution in [2.75, 3.05) is 5.88 Å². The van der Waals surface area contributed by atoms with Crippen molar-refractivity contribution in [3.05, 3.63) is 0 Å². The van der Waals surface area contributed by atoms with Crippen molar-refractivity contribution in [3.63, 3.8) is 0 Å². The monoisotopic (exact) mass is 134 g/mol. The van der Waals surface area contributed by atoms with Gasteiger partial charge in [-0.1, -0.05) is 0 Å². The Morgan fingerprint density at radius 3 is 2.62 bits per heavy atom. The molecule has 0 aromatic heterocycles. The van der Waals surface area contributed by atoms with E-state index in [9.17, 15) is 4.79 Å². The molecule has 0 spiro atoms. The van der Waals surface area contributed by atoms with Gasteiger partial charge < -0.3 is 11.1 Å². The SMILES string of the molecule is N[C@H]1C(=O)N[C@H]1CCl. The average Bonchev–Trinajstić information content (AvgIpc) is 1.81. The summed E-state index contributed by atoms with van der Waals surface area (Å²) >= 11 is 5.37. The second kappa shape index (κ2) is 1.91. The Bertz CT molecular complexity index is 117. The molecule has 4 heteroatoms. The molecule has 0 aromatic rings. The van der Waals surface area contributed by atoms with E-state index >= 15 is 0 Å². The number of hydrogen-bond donors (Lipinski definition) is 2. The normalized spacial score (nSPS) is 36.0. The van der Waals surface area contributed by atoms with Crippen molar-refractivity contribution in [2.45, 2.75) is 12.1 Å². The fraction of sp³-hybridized carbons (Fsp3) is 0.750. The van der Waals surface area contributed by atoms with E-state index in [2.05, 4.69) is 5.32 Å². The molecule has 2 atom stereocenters. The molecule has 0 aromatic carbocycles. The van der Waals surface area contributed by atoms with E-state index in [1.165, 1.54) is 0 Å². The Kier molecular flexibility index (Phi) is 1.40. The second-order valence-corrected chi connectivity index (χ2v) is 2.10. The highest BCUT2D eigenvalue weighted by Crippen LogP contribution is 2.03. The average molecular weight is 135 g/mol. The van der Waals surface area contributed by atoms with Crippen LogP contribution in [0.1, 0.15) is 0 Å². The fourth-order valence-corrected chi connectivity index (χ4v) is 0.859. The van der Waals surface area contributed by atoms with Crippen LogP contribution in [0.25, 0.3) is 0 Å². The molecule has 0 aliphatic carbocycles. The number of alkyl halides is 1. The summed E-state index contributed by atoms with van der Waals surface area (Å²) in [6.45, 7) is 0. The number of halogens is 1. The molecule has 3 N–H and O–H groups in total. The third kappa shape index (κ3) is 0.677. The molecule has 0 unspecified atom stereocenters. The molecular formula is C4H7ClN2O. The molecular weight excluding hydrogens is 128 g/mol. The Morgan fingerprint density at radius 2 is 2.50 bits per heavy atom. The molecule has 46 valence electrons. The van der Waals surface area contributed by atoms with E-state index in [4.69, 9.17) is 17.3 Å². The molecule has 1 amide bonds. The predicted octanol–water partition coefficient (Wildman–Crippen LogP) is -0.949. The van der Waals surface area contributed by atoms with E-state index in [-0.39, 0.29) is 18.0 Å². The van der Waals surface area contributed by atoms with E-state index in [1.54, 1.807) is 0 Å². The van der Waals surface area contributed by atoms with E-state index < -0.39 is 0 Å². The van der Waals surface area contributed by atoms with Crippen LogP contribution < -0.4 is 11.1 Å². The highest BCUT2D eigenvalue weighted by Gasteiger charge is 2.34. The van der Waals surface area contributed by atoms with Gasteiger partial charge in [0.15, 0.2) is 0 Å². The third-order valence-corrected chi connectivity index (χ3v) is 1.56. The second-order valence-electron chi connectivity index (χ2n) is 1.80. The van der Waals surface area contributed by atoms with Gasteiger partial charge in [0, 0.05) is 5.88 Å². The van der Waals surface area contributed by atoms with Gasteiger partial charge in [0.1, 0.15) is 6.04 Å². The summed E-state index contributed by atoms with van der Waals surface area (Å²) in [4.78, 5) is 10.3. The molecule has 1 rings (SSSR count). The van der Waals surface area contributed by atoms with Crippen LogP contribution in [0.2, 0.25) is 0 Å². The Balaban J connectivity index is 2.35. The maximum absolute atomic E-state index is 10.3. The number of carbonyl (C=O) groups excluding carboxylic acids is 1. The highest BCUT2D eigenvalue weighted by atomic mass is 35.5. The van der Waals surface area contributed by atoms with Crippen LogP contribution in [0.3, 0.4) is 0 Å². The van der Waals surface area contributed by atoms with Crippen LogP contribution in [-0.4, -0.2) is 23.9 Å². The minimum atomic E-state index is -0.368. The summed E-state index contributed by atoms with van der Waals surface area (Å²) in [5.41, 5.74) is 5.28. The van der Waals surface area contributed by atoms with Crippen LogP contribution in [0, 0.1) is 0 Å². The summed E-state index contributed by atoms with van der Waals surface area (Å²) in [7, 11) is 0. The Labute approximate surface area is 52.2 Å². The molecule has 0 bridgehead atoms. The zero-order valence-corrected chi connectivity index (χ0v) is 4.98. The quantitative estimate of drug-likeness (QED) is 0.359. The van der Waals surface area contributed by atoms with Gasteiger partial charge in [-0.2, -0.15) is 0 Å². The largest absolute Gasteiger partial charge is 0.349 e. The van der Waals surface area contributed by atoms with E-state index in [0.717, 1.165) is 0 Å². The number of amides is 1. The van der Waals surface area contributed by atoms with Crippen LogP contribution in [0.4, 0.5) is 0 Å². The van der Waals surface area contributed by atoms with Crippen molar-refractivity contribution in [1.29, 1.82) is 0 Å². The molecule has 1 aliphatic rings. The lowest BCUT2D eigenvalue weighted by Crippen LogP contribution is -2.67. The topological polar surface area (TPSA) is 55.1 Å². The summed E-state index contributed by atoms with van der Waals surface area (Å²) in [5.74, 6) is 0.308. The van der Waals surface area contributed by atoms with E-state index in [0.29, 0.717) is 5.88 Å². The van der Waals surface area contributed by atoms with Gasteiger partial charge >= 0.3 is 0 Å². The first-order chi connectivity index (χ1) is 3.75. The number of hydrogen-bond acceptors (Lipinski definition) is 2. The third-order valence-electron chi connectivity index (χ3n) is 1.23. The van der Waals surface area contributed by atoms with Gasteiger partial charge in [0.25, 0.3) is 0 Å². The number of nitrogens with two attached hydrogens (primary N) is 1. The Hall–Kier alpha value is -0.280. The van der Waals surface area contributed by atoms with Crippen LogP contribution in [0.15, 0.2) is 0 Å². The minimum Gasteiger partial charge on any atom is -0.349 e. The zero-order valence-electron chi connectivity index (χ0n) is 4.23. The van der Waals surface area contributed by atoms with Crippen molar-refractivity contribution in [3.8, 4) is 0 Å². The van der Waals surface area contributed by atoms with Gasteiger partial charge in [-0.25, -0.2) is 0 Å². The fourth-order valence-electron chi connectivity index (χ4n) is 0.590. The van der Waals surface area contributed by atoms with Crippen LogP contribution in [0.5, 0.6) is 0 Å². The predicted molar refractivity (Wildman–Crippen MR) is 30.6 cm³/mol. The molecule has 0 saturated carbocycles. The maximum atomic E-state index is 10.3. The summed E-state index contributed by atoms with van der Waals surface area (Å²) in [5, 5.41) is 2.55. The highest BCUT2D eigenvalue weighted by molar-refractivity contribution is 6.19. The molecule has 8 heavy (non-hydrogen) atoms. The number of carbonyl (C=O) groups is 1. The van der Waals surface area contributed by atoms with Crippen molar-refractivity contribution >= 4 is 17.5 Å². The number of rotatable bonds is 1. The van der Waals surface area contributed by atoms with Gasteiger partial charge in [-0.3, -0.25) is 4.79 Å². The smallest absolute Gasteiger partial charge is 0.239 e. The van der Waals surface area contributed by atoms with Gasteiger partial charge in [-0.05, 0) is 0 Å². The van der Waals surface area contributed by atoms with Crippen LogP contribution in [-0.2, 0) is 4.79 Å². The van der Waals surface area contributed by atoms with Gasteiger partial charge in [0.2, 0.25) is 5.91 Å². The maximum Gasteiger partial charge on any atom is 0.239 e. The molecule has 3 nitrogen and oxygen atoms in total. The molecule has 1 fully saturated rings. The molecule has 0 radical (unpaired) electrons. The van der Waals surface area contributed by atoms with Crippen molar-refractivity contribution in [2.24, 2.45) is 5.73 Å². The standard InChI is InChI=1S/C4H7ClN2O/c5-1-2-3(6)4(8)7-2/h2-3H,1,6H2,(H,7,8)/t2-,3+/m0/s1. The first-order valence-corrected chi connectivity index (χ1v) is 2.91. The van der Waals surface area contributed by atoms with E-state index in [1.807, 2.05) is 0 Å². The van der Waals surface area contributed by atoms with Gasteiger partial charge in [0.05, 0.1) is 6.04 Å².